The van der Waals surface area contributed by atoms with Gasteiger partial charge in [0.1, 0.15) is 5.82 Å². The summed E-state index contributed by atoms with van der Waals surface area (Å²) in [5.74, 6) is -0.292. The van der Waals surface area contributed by atoms with E-state index >= 15 is 0 Å². The molecule has 0 aliphatic carbocycles. The quantitative estimate of drug-likeness (QED) is 0.786. The van der Waals surface area contributed by atoms with E-state index in [9.17, 15) is 4.79 Å². The minimum atomic E-state index is -0.998. The largest absolute Gasteiger partial charge is 0.478 e. The first kappa shape index (κ1) is 15.2. The van der Waals surface area contributed by atoms with Crippen LogP contribution in [0.3, 0.4) is 0 Å². The fourth-order valence-electron chi connectivity index (χ4n) is 3.13. The van der Waals surface area contributed by atoms with Gasteiger partial charge in [-0.05, 0) is 37.6 Å². The first-order chi connectivity index (χ1) is 11.7. The fraction of sp³-hybridized carbons (Fsp3) is 0.294. The molecular weight excluding hydrogens is 324 g/mol. The highest BCUT2D eigenvalue weighted by atomic mass is 32.1. The maximum absolute atomic E-state index is 10.9. The fourth-order valence-corrected chi connectivity index (χ4v) is 4.17. The van der Waals surface area contributed by atoms with Crippen LogP contribution in [0, 0.1) is 0 Å². The molecule has 6 nitrogen and oxygen atoms in total. The molecule has 0 saturated carbocycles. The van der Waals surface area contributed by atoms with Crippen LogP contribution in [0.25, 0.3) is 10.2 Å². The summed E-state index contributed by atoms with van der Waals surface area (Å²) < 4.78 is 1.20. The number of thiophene rings is 1. The zero-order valence-electron chi connectivity index (χ0n) is 12.9. The van der Waals surface area contributed by atoms with Gasteiger partial charge in [-0.3, -0.25) is 9.88 Å². The number of hydrogen-bond acceptors (Lipinski definition) is 6. The molecule has 24 heavy (non-hydrogen) atoms. The molecule has 0 spiro atoms. The van der Waals surface area contributed by atoms with Gasteiger partial charge >= 0.3 is 5.97 Å². The van der Waals surface area contributed by atoms with Gasteiger partial charge in [0.05, 0.1) is 21.8 Å². The van der Waals surface area contributed by atoms with Crippen LogP contribution in [0.2, 0.25) is 0 Å². The van der Waals surface area contributed by atoms with E-state index < -0.39 is 5.97 Å². The van der Waals surface area contributed by atoms with E-state index in [4.69, 9.17) is 5.11 Å². The third kappa shape index (κ3) is 2.88. The van der Waals surface area contributed by atoms with Crippen molar-refractivity contribution in [3.8, 4) is 0 Å². The van der Waals surface area contributed by atoms with Crippen molar-refractivity contribution in [1.82, 2.24) is 19.9 Å². The Morgan fingerprint density at radius 3 is 2.92 bits per heavy atom. The lowest BCUT2D eigenvalue weighted by Gasteiger charge is -2.22. The summed E-state index contributed by atoms with van der Waals surface area (Å²) in [6.07, 6.45) is 6.69. The number of nitrogens with zero attached hydrogens (tertiary/aromatic N) is 4. The molecule has 7 heteroatoms. The standard InChI is InChI=1S/C17H16N4O2S/c22-17(23)11-8-19-16(20-9-11)14-3-2-6-21(14)10-12-7-13-15(24-12)4-1-5-18-13/h1,4-5,7-9,14H,2-3,6,10H2,(H,22,23). The van der Waals surface area contributed by atoms with Crippen LogP contribution in [0.4, 0.5) is 0 Å². The molecule has 3 aromatic heterocycles. The van der Waals surface area contributed by atoms with Crippen LogP contribution in [0.15, 0.2) is 36.8 Å². The minimum Gasteiger partial charge on any atom is -0.478 e. The predicted octanol–water partition coefficient (Wildman–Crippen LogP) is 3.12. The Bertz CT molecular complexity index is 845. The Balaban J connectivity index is 1.54. The highest BCUT2D eigenvalue weighted by Crippen LogP contribution is 2.33. The molecule has 0 radical (unpaired) electrons. The first-order valence-electron chi connectivity index (χ1n) is 7.83. The van der Waals surface area contributed by atoms with Gasteiger partial charge in [-0.2, -0.15) is 0 Å². The molecule has 1 saturated heterocycles. The zero-order chi connectivity index (χ0) is 16.5. The number of carbonyl (C=O) groups is 1. The number of fused-ring (bicyclic) bond motifs is 1. The van der Waals surface area contributed by atoms with Crippen molar-refractivity contribution < 1.29 is 9.90 Å². The van der Waals surface area contributed by atoms with Crippen molar-refractivity contribution in [2.75, 3.05) is 6.54 Å². The van der Waals surface area contributed by atoms with Gasteiger partial charge in [-0.1, -0.05) is 0 Å². The highest BCUT2D eigenvalue weighted by Gasteiger charge is 2.28. The second-order valence-electron chi connectivity index (χ2n) is 5.86. The minimum absolute atomic E-state index is 0.124. The van der Waals surface area contributed by atoms with Gasteiger partial charge in [0.25, 0.3) is 0 Å². The number of pyridine rings is 1. The Morgan fingerprint density at radius 2 is 2.17 bits per heavy atom. The lowest BCUT2D eigenvalue weighted by molar-refractivity contribution is 0.0695. The average Bonchev–Trinajstić information content (AvgIpc) is 3.21. The maximum atomic E-state index is 10.9. The van der Waals surface area contributed by atoms with Crippen LogP contribution in [0.1, 0.15) is 39.9 Å². The summed E-state index contributed by atoms with van der Waals surface area (Å²) in [5, 5.41) is 8.96. The predicted molar refractivity (Wildman–Crippen MR) is 91.0 cm³/mol. The lowest BCUT2D eigenvalue weighted by Crippen LogP contribution is -2.24. The van der Waals surface area contributed by atoms with Crippen molar-refractivity contribution in [1.29, 1.82) is 0 Å². The third-order valence-electron chi connectivity index (χ3n) is 4.28. The van der Waals surface area contributed by atoms with Gasteiger partial charge in [-0.25, -0.2) is 14.8 Å². The molecule has 1 N–H and O–H groups in total. The van der Waals surface area contributed by atoms with Crippen LogP contribution in [-0.2, 0) is 6.54 Å². The zero-order valence-corrected chi connectivity index (χ0v) is 13.7. The van der Waals surface area contributed by atoms with E-state index in [1.807, 2.05) is 12.3 Å². The van der Waals surface area contributed by atoms with E-state index in [1.54, 1.807) is 11.3 Å². The molecule has 3 aromatic rings. The molecule has 1 aliphatic heterocycles. The molecule has 1 atom stereocenters. The molecule has 1 unspecified atom stereocenters. The maximum Gasteiger partial charge on any atom is 0.338 e. The summed E-state index contributed by atoms with van der Waals surface area (Å²) >= 11 is 1.77. The van der Waals surface area contributed by atoms with E-state index in [-0.39, 0.29) is 11.6 Å². The first-order valence-corrected chi connectivity index (χ1v) is 8.65. The van der Waals surface area contributed by atoms with E-state index in [0.717, 1.165) is 31.4 Å². The number of aromatic carboxylic acids is 1. The Kier molecular flexibility index (Phi) is 3.95. The Labute approximate surface area is 142 Å². The number of carboxylic acid groups (broad SMARTS) is 1. The molecule has 0 bridgehead atoms. The molecule has 122 valence electrons. The number of carboxylic acids is 1. The lowest BCUT2D eigenvalue weighted by atomic mass is 10.2. The topological polar surface area (TPSA) is 79.2 Å². The van der Waals surface area contributed by atoms with Crippen molar-refractivity contribution >= 4 is 27.5 Å². The number of aromatic nitrogens is 3. The van der Waals surface area contributed by atoms with E-state index in [2.05, 4.69) is 32.0 Å². The summed E-state index contributed by atoms with van der Waals surface area (Å²) in [6.45, 7) is 1.84. The normalized spacial score (nSPS) is 18.2. The average molecular weight is 340 g/mol. The summed E-state index contributed by atoms with van der Waals surface area (Å²) in [6, 6.07) is 6.33. The van der Waals surface area contributed by atoms with Gasteiger partial charge in [0, 0.05) is 30.0 Å². The SMILES string of the molecule is O=C(O)c1cnc(C2CCCN2Cc2cc3ncccc3s2)nc1. The second kappa shape index (κ2) is 6.26. The van der Waals surface area contributed by atoms with Gasteiger partial charge < -0.3 is 5.11 Å². The van der Waals surface area contributed by atoms with Crippen LogP contribution in [-0.4, -0.2) is 37.5 Å². The van der Waals surface area contributed by atoms with Crippen molar-refractivity contribution in [2.45, 2.75) is 25.4 Å². The third-order valence-corrected chi connectivity index (χ3v) is 5.35. The Morgan fingerprint density at radius 1 is 1.33 bits per heavy atom. The monoisotopic (exact) mass is 340 g/mol. The molecule has 0 amide bonds. The summed E-state index contributed by atoms with van der Waals surface area (Å²) in [4.78, 5) is 27.5. The molecule has 1 fully saturated rings. The molecule has 1 aliphatic rings. The molecule has 4 rings (SSSR count). The molecule has 0 aromatic carbocycles. The summed E-state index contributed by atoms with van der Waals surface area (Å²) in [5.41, 5.74) is 1.16. The highest BCUT2D eigenvalue weighted by molar-refractivity contribution is 7.19. The van der Waals surface area contributed by atoms with Crippen LogP contribution in [0.5, 0.6) is 0 Å². The number of likely N-dealkylation sites (tertiary alicyclic amines) is 1. The van der Waals surface area contributed by atoms with Crippen LogP contribution < -0.4 is 0 Å². The van der Waals surface area contributed by atoms with Gasteiger partial charge in [0.15, 0.2) is 0 Å². The van der Waals surface area contributed by atoms with Crippen molar-refractivity contribution in [3.63, 3.8) is 0 Å². The van der Waals surface area contributed by atoms with Gasteiger partial charge in [-0.15, -0.1) is 11.3 Å². The summed E-state index contributed by atoms with van der Waals surface area (Å²) in [7, 11) is 0. The van der Waals surface area contributed by atoms with Gasteiger partial charge in [0.2, 0.25) is 0 Å². The van der Waals surface area contributed by atoms with Crippen molar-refractivity contribution in [3.05, 3.63) is 53.1 Å². The van der Waals surface area contributed by atoms with Crippen LogP contribution >= 0.6 is 11.3 Å². The van der Waals surface area contributed by atoms with Crippen molar-refractivity contribution in [2.24, 2.45) is 0 Å². The number of hydrogen-bond donors (Lipinski definition) is 1. The molecule has 4 heterocycles. The second-order valence-corrected chi connectivity index (χ2v) is 7.03. The Hall–Kier alpha value is -2.38. The van der Waals surface area contributed by atoms with E-state index in [1.165, 1.54) is 22.0 Å². The molecular formula is C17H16N4O2S. The number of rotatable bonds is 4. The van der Waals surface area contributed by atoms with E-state index in [0.29, 0.717) is 5.82 Å². The smallest absolute Gasteiger partial charge is 0.338 e.